The van der Waals surface area contributed by atoms with Crippen LogP contribution in [0.4, 0.5) is 10.6 Å². The number of alkyl carbamates (subject to hydrolysis) is 1. The lowest BCUT2D eigenvalue weighted by molar-refractivity contribution is -0.128. The zero-order valence-electron chi connectivity index (χ0n) is 21.8. The molecular formula is C26H29N10O4+. The Kier molecular flexibility index (Phi) is 6.16. The van der Waals surface area contributed by atoms with E-state index in [0.29, 0.717) is 41.0 Å². The van der Waals surface area contributed by atoms with Crippen molar-refractivity contribution in [3.05, 3.63) is 41.5 Å². The zero-order chi connectivity index (χ0) is 28.1. The summed E-state index contributed by atoms with van der Waals surface area (Å²) in [7, 11) is 0. The fraction of sp³-hybridized carbons (Fsp3) is 0.385. The number of rotatable bonds is 5. The predicted octanol–water partition coefficient (Wildman–Crippen LogP) is -0.261. The largest absolute Gasteiger partial charge is 0.447 e. The quantitative estimate of drug-likeness (QED) is 0.189. The van der Waals surface area contributed by atoms with Crippen molar-refractivity contribution >= 4 is 41.4 Å². The summed E-state index contributed by atoms with van der Waals surface area (Å²) in [5, 5.41) is 12.5. The lowest BCUT2D eigenvalue weighted by atomic mass is 9.85. The predicted molar refractivity (Wildman–Crippen MR) is 143 cm³/mol. The van der Waals surface area contributed by atoms with Gasteiger partial charge in [0.25, 0.3) is 6.34 Å². The average molecular weight is 546 g/mol. The molecule has 3 saturated heterocycles. The topological polar surface area (TPSA) is 209 Å². The van der Waals surface area contributed by atoms with Crippen LogP contribution in [0.5, 0.6) is 0 Å². The van der Waals surface area contributed by atoms with Gasteiger partial charge in [0.05, 0.1) is 23.1 Å². The van der Waals surface area contributed by atoms with Crippen LogP contribution >= 0.6 is 0 Å². The first kappa shape index (κ1) is 25.4. The Balaban J connectivity index is 1.36. The van der Waals surface area contributed by atoms with Gasteiger partial charge in [0.2, 0.25) is 0 Å². The molecule has 2 bridgehead atoms. The summed E-state index contributed by atoms with van der Waals surface area (Å²) in [5.41, 5.74) is 16.0. The second-order valence-corrected chi connectivity index (χ2v) is 10.3. The Labute approximate surface area is 228 Å². The van der Waals surface area contributed by atoms with Crippen LogP contribution < -0.4 is 22.2 Å². The first-order valence-corrected chi connectivity index (χ1v) is 13.0. The maximum absolute atomic E-state index is 12.9. The summed E-state index contributed by atoms with van der Waals surface area (Å²) >= 11 is 0. The molecule has 0 spiro atoms. The highest BCUT2D eigenvalue weighted by atomic mass is 16.6. The monoisotopic (exact) mass is 545 g/mol. The van der Waals surface area contributed by atoms with Gasteiger partial charge in [0.15, 0.2) is 11.4 Å². The van der Waals surface area contributed by atoms with Gasteiger partial charge < -0.3 is 26.4 Å². The number of nitrogens with one attached hydrogen (secondary N) is 1. The minimum atomic E-state index is -0.471. The van der Waals surface area contributed by atoms with Crippen molar-refractivity contribution in [2.45, 2.75) is 56.7 Å². The number of hydrogen-bond acceptors (Lipinski definition) is 8. The molecule has 14 nitrogen and oxygen atoms in total. The summed E-state index contributed by atoms with van der Waals surface area (Å²) < 4.78 is 6.44. The summed E-state index contributed by atoms with van der Waals surface area (Å²) in [4.78, 5) is 52.2. The van der Waals surface area contributed by atoms with E-state index in [0.717, 1.165) is 24.7 Å². The summed E-state index contributed by atoms with van der Waals surface area (Å²) in [6, 6.07) is 3.24. The molecule has 6 heterocycles. The number of piperidine rings is 1. The number of amides is 2. The minimum Gasteiger partial charge on any atom is -0.447 e. The van der Waals surface area contributed by atoms with Crippen molar-refractivity contribution in [3.63, 3.8) is 0 Å². The Morgan fingerprint density at radius 3 is 2.58 bits per heavy atom. The number of Topliss-reactive ketones (excluding diaryl/α,β-unsaturated/α-hetero) is 1. The summed E-state index contributed by atoms with van der Waals surface area (Å²) in [6.45, 7) is 1.68. The van der Waals surface area contributed by atoms with Gasteiger partial charge in [-0.2, -0.15) is 9.61 Å². The molecule has 6 rings (SSSR count). The van der Waals surface area contributed by atoms with Crippen LogP contribution in [0, 0.1) is 0 Å². The van der Waals surface area contributed by atoms with Gasteiger partial charge in [0.1, 0.15) is 18.5 Å². The van der Waals surface area contributed by atoms with Gasteiger partial charge in [-0.25, -0.2) is 9.78 Å². The third kappa shape index (κ3) is 4.12. The van der Waals surface area contributed by atoms with E-state index in [2.05, 4.69) is 20.4 Å². The fourth-order valence-corrected chi connectivity index (χ4v) is 6.21. The number of carbonyl (C=O) groups excluding carboxylic acids is 3. The maximum Gasteiger partial charge on any atom is 0.407 e. The number of nitrogen functional groups attached to an aromatic ring is 1. The molecular weight excluding hydrogens is 516 g/mol. The van der Waals surface area contributed by atoms with Gasteiger partial charge in [-0.15, -0.1) is 0 Å². The van der Waals surface area contributed by atoms with Crippen molar-refractivity contribution in [1.82, 2.24) is 29.8 Å². The normalized spacial score (nSPS) is 24.2. The molecule has 2 amide bonds. The number of nitrogens with zero attached hydrogens (tertiary/aromatic N) is 6. The highest BCUT2D eigenvalue weighted by Crippen LogP contribution is 2.44. The zero-order valence-corrected chi connectivity index (χ0v) is 21.8. The first-order chi connectivity index (χ1) is 19.3. The number of amidine groups is 1. The van der Waals surface area contributed by atoms with E-state index >= 15 is 0 Å². The van der Waals surface area contributed by atoms with Crippen molar-refractivity contribution < 1.29 is 24.5 Å². The molecule has 2 unspecified atom stereocenters. The number of fused-ring (bicyclic) bond motifs is 3. The molecule has 40 heavy (non-hydrogen) atoms. The van der Waals surface area contributed by atoms with Crippen LogP contribution in [0.25, 0.3) is 16.8 Å². The first-order valence-electron chi connectivity index (χ1n) is 13.0. The number of ether oxygens (including phenoxy) is 1. The molecule has 3 aromatic rings. The number of anilines is 1. The van der Waals surface area contributed by atoms with Crippen LogP contribution in [-0.2, 0) is 9.53 Å². The highest BCUT2D eigenvalue weighted by molar-refractivity contribution is 6.38. The van der Waals surface area contributed by atoms with Crippen LogP contribution in [-0.4, -0.2) is 73.1 Å². The number of ketones is 1. The van der Waals surface area contributed by atoms with Gasteiger partial charge in [-0.05, 0) is 43.7 Å². The van der Waals surface area contributed by atoms with Crippen LogP contribution in [0.2, 0.25) is 0 Å². The molecule has 3 aliphatic rings. The third-order valence-corrected chi connectivity index (χ3v) is 7.98. The van der Waals surface area contributed by atoms with E-state index in [-0.39, 0.29) is 54.0 Å². The van der Waals surface area contributed by atoms with E-state index in [9.17, 15) is 14.4 Å². The Bertz CT molecular complexity index is 1570. The standard InChI is InChI=1S/C26H28N10O4/c1-12(37)20-21(14-6-15-3-4-16(7-14)35(15)25(38)22(28)31-11-27)34-24-17(9-32-36(24)23(20)29)13-2-5-18(30-8-13)19-10-40-26(39)33-19/h2,5,8-9,11,14-16,19H,3-4,6-7,10,29H2,1H3,(H,33,39)(H3,27,28,31)/p+1/t14?,15-,16?,19-/m0/s1. The van der Waals surface area contributed by atoms with E-state index < -0.39 is 6.09 Å². The van der Waals surface area contributed by atoms with E-state index in [4.69, 9.17) is 26.6 Å². The lowest BCUT2D eigenvalue weighted by Gasteiger charge is -2.38. The molecule has 3 aliphatic heterocycles. The number of nitrogens with two attached hydrogens (primary N) is 3. The van der Waals surface area contributed by atoms with Gasteiger partial charge in [-0.1, -0.05) is 6.07 Å². The summed E-state index contributed by atoms with van der Waals surface area (Å²) in [5.74, 6) is -0.555. The number of cyclic esters (lactones) is 1. The molecule has 3 fully saturated rings. The highest BCUT2D eigenvalue weighted by Gasteiger charge is 2.46. The lowest BCUT2D eigenvalue weighted by Crippen LogP contribution is -2.51. The molecule has 3 aromatic heterocycles. The molecule has 7 N–H and O–H groups in total. The minimum absolute atomic E-state index is 0.0667. The van der Waals surface area contributed by atoms with Crippen molar-refractivity contribution in [1.29, 1.82) is 0 Å². The number of pyridine rings is 1. The molecule has 14 heteroatoms. The Hall–Kier alpha value is -4.88. The Morgan fingerprint density at radius 2 is 1.98 bits per heavy atom. The second-order valence-electron chi connectivity index (χ2n) is 10.3. The number of carbonyl (C=O) groups is 3. The van der Waals surface area contributed by atoms with Crippen LogP contribution in [0.15, 0.2) is 29.5 Å². The molecule has 206 valence electrons. The molecule has 0 aromatic carbocycles. The molecule has 0 radical (unpaired) electrons. The van der Waals surface area contributed by atoms with Crippen molar-refractivity contribution in [3.8, 4) is 11.1 Å². The molecule has 4 atom stereocenters. The van der Waals surface area contributed by atoms with Crippen molar-refractivity contribution in [2.75, 3.05) is 12.3 Å². The van der Waals surface area contributed by atoms with E-state index in [1.54, 1.807) is 17.3 Å². The smallest absolute Gasteiger partial charge is 0.407 e. The van der Waals surface area contributed by atoms with Crippen molar-refractivity contribution in [2.24, 2.45) is 10.7 Å². The van der Waals surface area contributed by atoms with E-state index in [1.165, 1.54) is 11.4 Å². The average Bonchev–Trinajstić information content (AvgIpc) is 3.63. The van der Waals surface area contributed by atoms with Crippen LogP contribution in [0.1, 0.15) is 66.3 Å². The third-order valence-electron chi connectivity index (χ3n) is 7.98. The molecule has 0 saturated carbocycles. The number of aromatic nitrogens is 4. The van der Waals surface area contributed by atoms with Gasteiger partial charge in [-0.3, -0.25) is 20.0 Å². The molecule has 0 aliphatic carbocycles. The maximum atomic E-state index is 12.9. The summed E-state index contributed by atoms with van der Waals surface area (Å²) in [6.07, 6.45) is 6.73. The number of aliphatic imine (C=N–C) groups is 1. The van der Waals surface area contributed by atoms with Crippen LogP contribution in [0.3, 0.4) is 0 Å². The van der Waals surface area contributed by atoms with Gasteiger partial charge >= 0.3 is 17.8 Å². The van der Waals surface area contributed by atoms with E-state index in [1.807, 2.05) is 12.1 Å². The fourth-order valence-electron chi connectivity index (χ4n) is 6.21. The number of hydrogen-bond donors (Lipinski definition) is 4. The SMILES string of the molecule is CC(=O)c1c(C2CC3CC[C@@H](C2)N3C(=O)C(N)=NC=[NH2+])nc2c(-c3ccc([C@@H]4COC(=O)N4)nc3)cnn2c1N. The Morgan fingerprint density at radius 1 is 1.23 bits per heavy atom. The van der Waals surface area contributed by atoms with Gasteiger partial charge in [0, 0.05) is 35.3 Å². The second kappa shape index (κ2) is 9.70.